The average molecular weight is 385 g/mol. The number of thioether (sulfide) groups is 1. The summed E-state index contributed by atoms with van der Waals surface area (Å²) >= 11 is 1.62. The van der Waals surface area contributed by atoms with E-state index in [0.29, 0.717) is 23.9 Å². The Morgan fingerprint density at radius 3 is 2.81 bits per heavy atom. The molecule has 1 amide bonds. The van der Waals surface area contributed by atoms with Crippen molar-refractivity contribution in [2.75, 3.05) is 33.0 Å². The number of hydrogen-bond donors (Lipinski definition) is 1. The van der Waals surface area contributed by atoms with Crippen LogP contribution in [0.2, 0.25) is 0 Å². The number of benzene rings is 2. The SMILES string of the molecule is COc1ccc(SC)cc1C(=O)NC[C@@H]1CCCN1CCc1ccccc1. The normalized spacial score (nSPS) is 17.0. The minimum absolute atomic E-state index is 0.0577. The first kappa shape index (κ1) is 19.8. The quantitative estimate of drug-likeness (QED) is 0.702. The molecule has 1 aliphatic rings. The van der Waals surface area contributed by atoms with Gasteiger partial charge < -0.3 is 10.1 Å². The van der Waals surface area contributed by atoms with E-state index in [1.807, 2.05) is 24.5 Å². The van der Waals surface area contributed by atoms with Gasteiger partial charge in [0.1, 0.15) is 5.75 Å². The summed E-state index contributed by atoms with van der Waals surface area (Å²) in [6.45, 7) is 2.83. The predicted molar refractivity (Wildman–Crippen MR) is 112 cm³/mol. The van der Waals surface area contributed by atoms with Crippen LogP contribution in [0.5, 0.6) is 5.75 Å². The molecule has 1 aliphatic heterocycles. The number of hydrogen-bond acceptors (Lipinski definition) is 4. The van der Waals surface area contributed by atoms with Crippen LogP contribution >= 0.6 is 11.8 Å². The van der Waals surface area contributed by atoms with E-state index in [9.17, 15) is 4.79 Å². The van der Waals surface area contributed by atoms with Crippen LogP contribution in [0, 0.1) is 0 Å². The molecule has 2 aromatic rings. The highest BCUT2D eigenvalue weighted by molar-refractivity contribution is 7.98. The minimum Gasteiger partial charge on any atom is -0.496 e. The molecule has 1 atom stereocenters. The molecule has 2 aromatic carbocycles. The fourth-order valence-corrected chi connectivity index (χ4v) is 4.08. The van der Waals surface area contributed by atoms with Crippen molar-refractivity contribution in [1.29, 1.82) is 0 Å². The molecular weight excluding hydrogens is 356 g/mol. The standard InChI is InChI=1S/C22H28N2O2S/c1-26-21-11-10-19(27-2)15-20(21)22(25)23-16-18-9-6-13-24(18)14-12-17-7-4-3-5-8-17/h3-5,7-8,10-11,15,18H,6,9,12-14,16H2,1-2H3,(H,23,25)/t18-/m0/s1. The van der Waals surface area contributed by atoms with Crippen molar-refractivity contribution in [2.24, 2.45) is 0 Å². The van der Waals surface area contributed by atoms with E-state index in [1.54, 1.807) is 18.9 Å². The van der Waals surface area contributed by atoms with Crippen molar-refractivity contribution in [3.05, 3.63) is 59.7 Å². The summed E-state index contributed by atoms with van der Waals surface area (Å²) in [7, 11) is 1.60. The Morgan fingerprint density at radius 2 is 2.07 bits per heavy atom. The van der Waals surface area contributed by atoms with Gasteiger partial charge in [0.05, 0.1) is 12.7 Å². The van der Waals surface area contributed by atoms with Gasteiger partial charge >= 0.3 is 0 Å². The van der Waals surface area contributed by atoms with E-state index in [1.165, 1.54) is 12.0 Å². The summed E-state index contributed by atoms with van der Waals surface area (Å²) in [5.41, 5.74) is 1.98. The lowest BCUT2D eigenvalue weighted by Crippen LogP contribution is -2.41. The predicted octanol–water partition coefficient (Wildman–Crippen LogP) is 3.85. The average Bonchev–Trinajstić information content (AvgIpc) is 3.18. The largest absolute Gasteiger partial charge is 0.496 e. The summed E-state index contributed by atoms with van der Waals surface area (Å²) in [5, 5.41) is 3.13. The molecule has 4 nitrogen and oxygen atoms in total. The van der Waals surface area contributed by atoms with Crippen LogP contribution in [0.1, 0.15) is 28.8 Å². The van der Waals surface area contributed by atoms with Gasteiger partial charge in [-0.25, -0.2) is 0 Å². The van der Waals surface area contributed by atoms with Crippen molar-refractivity contribution < 1.29 is 9.53 Å². The first-order chi connectivity index (χ1) is 13.2. The Balaban J connectivity index is 1.56. The molecule has 1 heterocycles. The van der Waals surface area contributed by atoms with E-state index in [4.69, 9.17) is 4.74 Å². The number of nitrogens with one attached hydrogen (secondary N) is 1. The van der Waals surface area contributed by atoms with Gasteiger partial charge in [-0.1, -0.05) is 30.3 Å². The number of rotatable bonds is 8. The van der Waals surface area contributed by atoms with Crippen molar-refractivity contribution >= 4 is 17.7 Å². The van der Waals surface area contributed by atoms with E-state index >= 15 is 0 Å². The lowest BCUT2D eigenvalue weighted by atomic mass is 10.1. The van der Waals surface area contributed by atoms with Crippen LogP contribution in [-0.2, 0) is 6.42 Å². The van der Waals surface area contributed by atoms with Crippen molar-refractivity contribution in [3.63, 3.8) is 0 Å². The van der Waals surface area contributed by atoms with Crippen LogP contribution in [0.3, 0.4) is 0 Å². The Labute approximate surface area is 166 Å². The van der Waals surface area contributed by atoms with Crippen LogP contribution in [-0.4, -0.2) is 49.8 Å². The number of nitrogens with zero attached hydrogens (tertiary/aromatic N) is 1. The number of carbonyl (C=O) groups excluding carboxylic acids is 1. The van der Waals surface area contributed by atoms with Gasteiger partial charge in [0.2, 0.25) is 0 Å². The second-order valence-electron chi connectivity index (χ2n) is 6.84. The highest BCUT2D eigenvalue weighted by Gasteiger charge is 2.25. The number of likely N-dealkylation sites (tertiary alicyclic amines) is 1. The van der Waals surface area contributed by atoms with Gasteiger partial charge in [0.15, 0.2) is 0 Å². The zero-order chi connectivity index (χ0) is 19.1. The third-order valence-corrected chi connectivity index (χ3v) is 5.90. The highest BCUT2D eigenvalue weighted by atomic mass is 32.2. The van der Waals surface area contributed by atoms with E-state index < -0.39 is 0 Å². The smallest absolute Gasteiger partial charge is 0.255 e. The molecule has 3 rings (SSSR count). The molecule has 0 radical (unpaired) electrons. The van der Waals surface area contributed by atoms with Gasteiger partial charge in [-0.2, -0.15) is 0 Å². The Bertz CT molecular complexity index is 751. The molecule has 1 saturated heterocycles. The molecule has 27 heavy (non-hydrogen) atoms. The van der Waals surface area contributed by atoms with E-state index in [2.05, 4.69) is 40.5 Å². The zero-order valence-corrected chi connectivity index (χ0v) is 16.9. The highest BCUT2D eigenvalue weighted by Crippen LogP contribution is 2.25. The second kappa shape index (κ2) is 9.81. The minimum atomic E-state index is -0.0577. The third-order valence-electron chi connectivity index (χ3n) is 5.18. The number of methoxy groups -OCH3 is 1. The molecule has 0 saturated carbocycles. The van der Waals surface area contributed by atoms with Crippen molar-refractivity contribution in [2.45, 2.75) is 30.2 Å². The molecule has 5 heteroatoms. The van der Waals surface area contributed by atoms with Crippen LogP contribution in [0.15, 0.2) is 53.4 Å². The lowest BCUT2D eigenvalue weighted by Gasteiger charge is -2.25. The molecule has 1 fully saturated rings. The summed E-state index contributed by atoms with van der Waals surface area (Å²) in [5.74, 6) is 0.565. The molecule has 0 aliphatic carbocycles. The lowest BCUT2D eigenvalue weighted by molar-refractivity contribution is 0.0937. The fraction of sp³-hybridized carbons (Fsp3) is 0.409. The maximum atomic E-state index is 12.7. The van der Waals surface area contributed by atoms with E-state index in [0.717, 1.165) is 30.8 Å². The number of amides is 1. The van der Waals surface area contributed by atoms with Gasteiger partial charge in [0, 0.05) is 24.0 Å². The monoisotopic (exact) mass is 384 g/mol. The summed E-state index contributed by atoms with van der Waals surface area (Å²) < 4.78 is 5.37. The first-order valence-electron chi connectivity index (χ1n) is 9.49. The molecular formula is C22H28N2O2S. The number of carbonyl (C=O) groups is 1. The maximum Gasteiger partial charge on any atom is 0.255 e. The fourth-order valence-electron chi connectivity index (χ4n) is 3.64. The van der Waals surface area contributed by atoms with Gasteiger partial charge in [-0.15, -0.1) is 11.8 Å². The molecule has 144 valence electrons. The first-order valence-corrected chi connectivity index (χ1v) is 10.7. The van der Waals surface area contributed by atoms with Crippen LogP contribution in [0.4, 0.5) is 0 Å². The molecule has 1 N–H and O–H groups in total. The Kier molecular flexibility index (Phi) is 7.18. The summed E-state index contributed by atoms with van der Waals surface area (Å²) in [6.07, 6.45) is 5.39. The van der Waals surface area contributed by atoms with Gasteiger partial charge in [-0.3, -0.25) is 9.69 Å². The topological polar surface area (TPSA) is 41.6 Å². The molecule has 0 aromatic heterocycles. The van der Waals surface area contributed by atoms with Gasteiger partial charge in [0.25, 0.3) is 5.91 Å². The van der Waals surface area contributed by atoms with Crippen LogP contribution in [0.25, 0.3) is 0 Å². The number of ether oxygens (including phenoxy) is 1. The Hall–Kier alpha value is -1.98. The Morgan fingerprint density at radius 1 is 1.26 bits per heavy atom. The third kappa shape index (κ3) is 5.27. The zero-order valence-electron chi connectivity index (χ0n) is 16.1. The molecule has 0 unspecified atom stereocenters. The van der Waals surface area contributed by atoms with Gasteiger partial charge in [-0.05, 0) is 55.8 Å². The molecule has 0 spiro atoms. The van der Waals surface area contributed by atoms with Crippen LogP contribution < -0.4 is 10.1 Å². The summed E-state index contributed by atoms with van der Waals surface area (Å²) in [6, 6.07) is 16.7. The second-order valence-corrected chi connectivity index (χ2v) is 7.72. The van der Waals surface area contributed by atoms with Crippen molar-refractivity contribution in [3.8, 4) is 5.75 Å². The van der Waals surface area contributed by atoms with E-state index in [-0.39, 0.29) is 5.91 Å². The maximum absolute atomic E-state index is 12.7. The molecule has 0 bridgehead atoms. The summed E-state index contributed by atoms with van der Waals surface area (Å²) in [4.78, 5) is 16.3. The van der Waals surface area contributed by atoms with Crippen molar-refractivity contribution in [1.82, 2.24) is 10.2 Å².